The number of likely N-dealkylation sites (tertiary alicyclic amines) is 1. The van der Waals surface area contributed by atoms with Crippen LogP contribution in [0.25, 0.3) is 0 Å². The Kier molecular flexibility index (Phi) is 5.38. The largest absolute Gasteiger partial charge is 0.311 e. The van der Waals surface area contributed by atoms with Gasteiger partial charge >= 0.3 is 0 Å². The van der Waals surface area contributed by atoms with Gasteiger partial charge in [-0.2, -0.15) is 5.26 Å². The normalized spacial score (nSPS) is 20.1. The van der Waals surface area contributed by atoms with Gasteiger partial charge in [-0.05, 0) is 44.0 Å². The van der Waals surface area contributed by atoms with Crippen molar-refractivity contribution in [2.45, 2.75) is 38.8 Å². The van der Waals surface area contributed by atoms with Gasteiger partial charge in [0, 0.05) is 25.7 Å². The summed E-state index contributed by atoms with van der Waals surface area (Å²) in [5, 5.41) is 12.2. The third-order valence-electron chi connectivity index (χ3n) is 3.93. The van der Waals surface area contributed by atoms with Crippen LogP contribution in [0, 0.1) is 11.3 Å². The van der Waals surface area contributed by atoms with Crippen LogP contribution in [0.2, 0.25) is 0 Å². The minimum absolute atomic E-state index is 0.728. The SMILES string of the molecule is CC1CCCCN1CCNCc1ccc(C#N)cc1. The van der Waals surface area contributed by atoms with Gasteiger partial charge in [0.25, 0.3) is 0 Å². The first-order chi connectivity index (χ1) is 9.29. The molecule has 3 nitrogen and oxygen atoms in total. The fourth-order valence-electron chi connectivity index (χ4n) is 2.64. The van der Waals surface area contributed by atoms with E-state index in [0.29, 0.717) is 0 Å². The summed E-state index contributed by atoms with van der Waals surface area (Å²) in [6.45, 7) is 6.63. The molecule has 1 N–H and O–H groups in total. The molecular formula is C16H23N3. The van der Waals surface area contributed by atoms with Crippen LogP contribution in [0.1, 0.15) is 37.3 Å². The molecule has 102 valence electrons. The zero-order valence-electron chi connectivity index (χ0n) is 11.7. The lowest BCUT2D eigenvalue weighted by atomic mass is 10.0. The number of rotatable bonds is 5. The maximum atomic E-state index is 8.74. The average Bonchev–Trinajstić information content (AvgIpc) is 2.46. The molecule has 2 rings (SSSR count). The molecule has 1 atom stereocenters. The average molecular weight is 257 g/mol. The third-order valence-corrected chi connectivity index (χ3v) is 3.93. The third kappa shape index (κ3) is 4.34. The molecule has 1 unspecified atom stereocenters. The first-order valence-corrected chi connectivity index (χ1v) is 7.23. The van der Waals surface area contributed by atoms with Crippen LogP contribution in [0.4, 0.5) is 0 Å². The summed E-state index contributed by atoms with van der Waals surface area (Å²) in [4.78, 5) is 2.58. The van der Waals surface area contributed by atoms with E-state index in [2.05, 4.69) is 23.2 Å². The van der Waals surface area contributed by atoms with E-state index >= 15 is 0 Å². The Balaban J connectivity index is 1.67. The minimum atomic E-state index is 0.728. The van der Waals surface area contributed by atoms with Crippen molar-refractivity contribution in [3.8, 4) is 6.07 Å². The Morgan fingerprint density at radius 1 is 1.32 bits per heavy atom. The van der Waals surface area contributed by atoms with Crippen LogP contribution in [0.15, 0.2) is 24.3 Å². The fourth-order valence-corrected chi connectivity index (χ4v) is 2.64. The van der Waals surface area contributed by atoms with Gasteiger partial charge in [-0.3, -0.25) is 4.90 Å². The standard InChI is InChI=1S/C16H23N3/c1-14-4-2-3-10-19(14)11-9-18-13-16-7-5-15(12-17)6-8-16/h5-8,14,18H,2-4,9-11,13H2,1H3. The number of piperidine rings is 1. The van der Waals surface area contributed by atoms with Crippen molar-refractivity contribution in [2.75, 3.05) is 19.6 Å². The molecular weight excluding hydrogens is 234 g/mol. The summed E-state index contributed by atoms with van der Waals surface area (Å²) in [6, 6.07) is 10.7. The number of nitrogens with zero attached hydrogens (tertiary/aromatic N) is 2. The van der Waals surface area contributed by atoms with Gasteiger partial charge in [-0.15, -0.1) is 0 Å². The maximum absolute atomic E-state index is 8.74. The summed E-state index contributed by atoms with van der Waals surface area (Å²) < 4.78 is 0. The number of hydrogen-bond acceptors (Lipinski definition) is 3. The van der Waals surface area contributed by atoms with Crippen molar-refractivity contribution in [2.24, 2.45) is 0 Å². The lowest BCUT2D eigenvalue weighted by molar-refractivity contribution is 0.161. The topological polar surface area (TPSA) is 39.1 Å². The number of hydrogen-bond donors (Lipinski definition) is 1. The van der Waals surface area contributed by atoms with Gasteiger partial charge in [0.1, 0.15) is 0 Å². The second-order valence-corrected chi connectivity index (χ2v) is 5.37. The van der Waals surface area contributed by atoms with Crippen molar-refractivity contribution in [3.63, 3.8) is 0 Å². The summed E-state index contributed by atoms with van der Waals surface area (Å²) in [6.07, 6.45) is 4.08. The zero-order valence-corrected chi connectivity index (χ0v) is 11.7. The Bertz CT molecular complexity index is 419. The van der Waals surface area contributed by atoms with E-state index in [9.17, 15) is 0 Å². The lowest BCUT2D eigenvalue weighted by Gasteiger charge is -2.33. The highest BCUT2D eigenvalue weighted by atomic mass is 15.2. The van der Waals surface area contributed by atoms with Crippen LogP contribution >= 0.6 is 0 Å². The van der Waals surface area contributed by atoms with E-state index < -0.39 is 0 Å². The van der Waals surface area contributed by atoms with Gasteiger partial charge < -0.3 is 5.32 Å². The molecule has 0 bridgehead atoms. The van der Waals surface area contributed by atoms with E-state index in [1.807, 2.05) is 24.3 Å². The highest BCUT2D eigenvalue weighted by molar-refractivity contribution is 5.31. The van der Waals surface area contributed by atoms with Crippen molar-refractivity contribution in [1.82, 2.24) is 10.2 Å². The molecule has 1 saturated heterocycles. The quantitative estimate of drug-likeness (QED) is 0.824. The molecule has 1 fully saturated rings. The van der Waals surface area contributed by atoms with Crippen molar-refractivity contribution in [3.05, 3.63) is 35.4 Å². The number of nitriles is 1. The lowest BCUT2D eigenvalue weighted by Crippen LogP contribution is -2.41. The van der Waals surface area contributed by atoms with Gasteiger partial charge in [0.15, 0.2) is 0 Å². The van der Waals surface area contributed by atoms with Crippen LogP contribution in [0.5, 0.6) is 0 Å². The van der Waals surface area contributed by atoms with Gasteiger partial charge in [0.2, 0.25) is 0 Å². The molecule has 0 radical (unpaired) electrons. The van der Waals surface area contributed by atoms with E-state index in [-0.39, 0.29) is 0 Å². The second-order valence-electron chi connectivity index (χ2n) is 5.37. The molecule has 0 amide bonds. The molecule has 0 spiro atoms. The maximum Gasteiger partial charge on any atom is 0.0991 e. The van der Waals surface area contributed by atoms with Crippen molar-refractivity contribution < 1.29 is 0 Å². The predicted molar refractivity (Wildman–Crippen MR) is 77.7 cm³/mol. The smallest absolute Gasteiger partial charge is 0.0991 e. The highest BCUT2D eigenvalue weighted by Gasteiger charge is 2.16. The Labute approximate surface area is 116 Å². The van der Waals surface area contributed by atoms with Crippen LogP contribution in [-0.4, -0.2) is 30.6 Å². The van der Waals surface area contributed by atoms with E-state index in [1.54, 1.807) is 0 Å². The molecule has 1 aliphatic heterocycles. The summed E-state index contributed by atoms with van der Waals surface area (Å²) in [5.41, 5.74) is 1.97. The molecule has 0 aromatic heterocycles. The number of benzene rings is 1. The summed E-state index contributed by atoms with van der Waals surface area (Å²) in [7, 11) is 0. The highest BCUT2D eigenvalue weighted by Crippen LogP contribution is 2.15. The minimum Gasteiger partial charge on any atom is -0.311 e. The molecule has 1 aromatic rings. The van der Waals surface area contributed by atoms with Crippen LogP contribution < -0.4 is 5.32 Å². The summed E-state index contributed by atoms with van der Waals surface area (Å²) >= 11 is 0. The first kappa shape index (κ1) is 14.0. The predicted octanol–water partition coefficient (Wildman–Crippen LogP) is 2.52. The molecule has 1 aromatic carbocycles. The van der Waals surface area contributed by atoms with Crippen LogP contribution in [0.3, 0.4) is 0 Å². The van der Waals surface area contributed by atoms with Gasteiger partial charge in [-0.25, -0.2) is 0 Å². The van der Waals surface area contributed by atoms with Crippen molar-refractivity contribution in [1.29, 1.82) is 5.26 Å². The summed E-state index contributed by atoms with van der Waals surface area (Å²) in [5.74, 6) is 0. The molecule has 1 aliphatic rings. The fraction of sp³-hybridized carbons (Fsp3) is 0.562. The Hall–Kier alpha value is -1.37. The number of nitrogens with one attached hydrogen (secondary N) is 1. The molecule has 0 aliphatic carbocycles. The Morgan fingerprint density at radius 3 is 2.79 bits per heavy atom. The van der Waals surface area contributed by atoms with Crippen molar-refractivity contribution >= 4 is 0 Å². The van der Waals surface area contributed by atoms with E-state index in [0.717, 1.165) is 31.2 Å². The second kappa shape index (κ2) is 7.28. The van der Waals surface area contributed by atoms with E-state index in [1.165, 1.54) is 31.4 Å². The zero-order chi connectivity index (χ0) is 13.5. The van der Waals surface area contributed by atoms with Gasteiger partial charge in [0.05, 0.1) is 11.6 Å². The monoisotopic (exact) mass is 257 g/mol. The first-order valence-electron chi connectivity index (χ1n) is 7.23. The molecule has 3 heteroatoms. The Morgan fingerprint density at radius 2 is 2.11 bits per heavy atom. The van der Waals surface area contributed by atoms with Crippen LogP contribution in [-0.2, 0) is 6.54 Å². The molecule has 1 heterocycles. The molecule has 0 saturated carbocycles. The van der Waals surface area contributed by atoms with E-state index in [4.69, 9.17) is 5.26 Å². The molecule has 19 heavy (non-hydrogen) atoms. The van der Waals surface area contributed by atoms with Gasteiger partial charge in [-0.1, -0.05) is 18.6 Å².